The van der Waals surface area contributed by atoms with Gasteiger partial charge in [0.2, 0.25) is 0 Å². The molecule has 0 spiro atoms. The van der Waals surface area contributed by atoms with Crippen molar-refractivity contribution in [2.45, 2.75) is 6.92 Å². The summed E-state index contributed by atoms with van der Waals surface area (Å²) in [4.78, 5) is 17.6. The number of aromatic nitrogens is 1. The number of hydrogen-bond donors (Lipinski definition) is 1. The van der Waals surface area contributed by atoms with Crippen molar-refractivity contribution in [3.05, 3.63) is 69.3 Å². The molecule has 116 valence electrons. The highest BCUT2D eigenvalue weighted by Crippen LogP contribution is 2.31. The molecule has 23 heavy (non-hydrogen) atoms. The molecule has 0 unspecified atom stereocenters. The number of hydrogen-bond acceptors (Lipinski definition) is 3. The molecule has 1 N–H and O–H groups in total. The summed E-state index contributed by atoms with van der Waals surface area (Å²) in [5.74, 6) is -1.05. The number of carbonyl (C=O) groups is 1. The fraction of sp³-hybridized carbons (Fsp3) is 0.0588. The minimum Gasteiger partial charge on any atom is -0.298 e. The molecule has 3 aromatic rings. The van der Waals surface area contributed by atoms with E-state index in [1.807, 2.05) is 31.2 Å². The van der Waals surface area contributed by atoms with Crippen molar-refractivity contribution >= 4 is 38.3 Å². The van der Waals surface area contributed by atoms with Crippen molar-refractivity contribution in [3.63, 3.8) is 0 Å². The molecule has 1 aromatic heterocycles. The molecule has 1 heterocycles. The van der Waals surface area contributed by atoms with Gasteiger partial charge < -0.3 is 0 Å². The normalized spacial score (nSPS) is 10.6. The minimum absolute atomic E-state index is 0.00513. The molecule has 0 aliphatic rings. The summed E-state index contributed by atoms with van der Waals surface area (Å²) >= 11 is 4.76. The number of aryl methyl sites for hydroxylation is 1. The van der Waals surface area contributed by atoms with Crippen LogP contribution in [0.5, 0.6) is 0 Å². The van der Waals surface area contributed by atoms with E-state index in [2.05, 4.69) is 26.2 Å². The Morgan fingerprint density at radius 3 is 2.57 bits per heavy atom. The lowest BCUT2D eigenvalue weighted by molar-refractivity contribution is 0.102. The van der Waals surface area contributed by atoms with Crippen molar-refractivity contribution in [2.75, 3.05) is 5.32 Å². The number of rotatable bonds is 3. The average molecular weight is 391 g/mol. The van der Waals surface area contributed by atoms with Gasteiger partial charge in [-0.25, -0.2) is 9.37 Å². The number of anilines is 1. The Labute approximate surface area is 145 Å². The smallest absolute Gasteiger partial charge is 0.260 e. The van der Waals surface area contributed by atoms with Crippen LogP contribution in [0.25, 0.3) is 11.3 Å². The van der Waals surface area contributed by atoms with Gasteiger partial charge >= 0.3 is 0 Å². The molecular formula is C17H12BrFN2OS. The van der Waals surface area contributed by atoms with Crippen LogP contribution < -0.4 is 5.32 Å². The van der Waals surface area contributed by atoms with Crippen LogP contribution >= 0.6 is 27.3 Å². The number of nitrogens with zero attached hydrogens (tertiary/aromatic N) is 1. The van der Waals surface area contributed by atoms with E-state index in [0.29, 0.717) is 5.13 Å². The van der Waals surface area contributed by atoms with Crippen LogP contribution in [0.4, 0.5) is 9.52 Å². The van der Waals surface area contributed by atoms with Crippen molar-refractivity contribution < 1.29 is 9.18 Å². The molecule has 6 heteroatoms. The summed E-state index contributed by atoms with van der Waals surface area (Å²) in [5, 5.41) is 3.11. The number of thiazole rings is 1. The molecule has 0 radical (unpaired) electrons. The predicted molar refractivity (Wildman–Crippen MR) is 94.3 cm³/mol. The first-order valence-corrected chi connectivity index (χ1v) is 8.45. The Balaban J connectivity index is 1.85. The van der Waals surface area contributed by atoms with E-state index in [4.69, 9.17) is 0 Å². The Bertz CT molecular complexity index is 861. The minimum atomic E-state index is -0.550. The summed E-state index contributed by atoms with van der Waals surface area (Å²) in [6.07, 6.45) is 0. The Hall–Kier alpha value is -2.05. The monoisotopic (exact) mass is 390 g/mol. The van der Waals surface area contributed by atoms with Gasteiger partial charge in [-0.2, -0.15) is 0 Å². The van der Waals surface area contributed by atoms with Gasteiger partial charge in [0.1, 0.15) is 5.82 Å². The van der Waals surface area contributed by atoms with E-state index in [-0.39, 0.29) is 5.56 Å². The first kappa shape index (κ1) is 15.8. The maximum atomic E-state index is 13.6. The molecule has 0 bridgehead atoms. The third kappa shape index (κ3) is 3.48. The van der Waals surface area contributed by atoms with Crippen molar-refractivity contribution in [2.24, 2.45) is 0 Å². The van der Waals surface area contributed by atoms with Crippen LogP contribution in [0.1, 0.15) is 15.2 Å². The molecular weight excluding hydrogens is 379 g/mol. The van der Waals surface area contributed by atoms with Gasteiger partial charge in [-0.05, 0) is 31.2 Å². The molecule has 0 saturated carbocycles. The number of halogens is 2. The summed E-state index contributed by atoms with van der Waals surface area (Å²) in [5.41, 5.74) is 1.78. The van der Waals surface area contributed by atoms with Crippen LogP contribution in [0.2, 0.25) is 0 Å². The van der Waals surface area contributed by atoms with Gasteiger partial charge in [0.15, 0.2) is 5.13 Å². The molecule has 3 rings (SSSR count). The zero-order valence-electron chi connectivity index (χ0n) is 12.1. The topological polar surface area (TPSA) is 42.0 Å². The molecule has 2 aromatic carbocycles. The molecule has 1 amide bonds. The maximum absolute atomic E-state index is 13.6. The molecule has 3 nitrogen and oxygen atoms in total. The lowest BCUT2D eigenvalue weighted by Crippen LogP contribution is -2.13. The quantitative estimate of drug-likeness (QED) is 0.661. The largest absolute Gasteiger partial charge is 0.298 e. The Kier molecular flexibility index (Phi) is 4.54. The van der Waals surface area contributed by atoms with E-state index in [9.17, 15) is 9.18 Å². The van der Waals surface area contributed by atoms with E-state index < -0.39 is 11.7 Å². The highest BCUT2D eigenvalue weighted by Gasteiger charge is 2.15. The van der Waals surface area contributed by atoms with Crippen LogP contribution in [-0.2, 0) is 0 Å². The maximum Gasteiger partial charge on any atom is 0.260 e. The second kappa shape index (κ2) is 6.60. The van der Waals surface area contributed by atoms with Crippen LogP contribution in [0.15, 0.2) is 53.0 Å². The van der Waals surface area contributed by atoms with Crippen molar-refractivity contribution in [1.29, 1.82) is 0 Å². The van der Waals surface area contributed by atoms with E-state index in [1.165, 1.54) is 23.5 Å². The van der Waals surface area contributed by atoms with E-state index >= 15 is 0 Å². The van der Waals surface area contributed by atoms with Gasteiger partial charge in [0.25, 0.3) is 5.91 Å². The molecule has 0 aliphatic heterocycles. The van der Waals surface area contributed by atoms with E-state index in [1.54, 1.807) is 12.1 Å². The number of benzene rings is 2. The fourth-order valence-corrected chi connectivity index (χ4v) is 3.23. The lowest BCUT2D eigenvalue weighted by Gasteiger charge is -2.02. The average Bonchev–Trinajstić information content (AvgIpc) is 2.89. The van der Waals surface area contributed by atoms with Gasteiger partial charge in [0.05, 0.1) is 11.3 Å². The summed E-state index contributed by atoms with van der Waals surface area (Å²) in [6, 6.07) is 13.7. The molecule has 0 saturated heterocycles. The summed E-state index contributed by atoms with van der Waals surface area (Å²) in [6.45, 7) is 1.94. The SMILES string of the molecule is Cc1sc(NC(=O)c2ccccc2F)nc1-c1ccc(Br)cc1. The summed E-state index contributed by atoms with van der Waals surface area (Å²) < 4.78 is 14.6. The van der Waals surface area contributed by atoms with Crippen LogP contribution in [0, 0.1) is 12.7 Å². The third-order valence-corrected chi connectivity index (χ3v) is 4.67. The zero-order valence-corrected chi connectivity index (χ0v) is 14.5. The second-order valence-electron chi connectivity index (χ2n) is 4.86. The zero-order chi connectivity index (χ0) is 16.4. The van der Waals surface area contributed by atoms with E-state index in [0.717, 1.165) is 20.6 Å². The number of carbonyl (C=O) groups excluding carboxylic acids is 1. The first-order valence-electron chi connectivity index (χ1n) is 6.84. The highest BCUT2D eigenvalue weighted by molar-refractivity contribution is 9.10. The summed E-state index contributed by atoms with van der Waals surface area (Å²) in [7, 11) is 0. The van der Waals surface area contributed by atoms with Gasteiger partial charge in [-0.15, -0.1) is 11.3 Å². The predicted octanol–water partition coefficient (Wildman–Crippen LogP) is 5.27. The fourth-order valence-electron chi connectivity index (χ4n) is 2.14. The molecule has 0 fully saturated rings. The lowest BCUT2D eigenvalue weighted by atomic mass is 10.1. The van der Waals surface area contributed by atoms with Gasteiger partial charge in [0, 0.05) is 14.9 Å². The Morgan fingerprint density at radius 1 is 1.17 bits per heavy atom. The highest BCUT2D eigenvalue weighted by atomic mass is 79.9. The van der Waals surface area contributed by atoms with Crippen LogP contribution in [-0.4, -0.2) is 10.9 Å². The third-order valence-electron chi connectivity index (χ3n) is 3.25. The van der Waals surface area contributed by atoms with Crippen molar-refractivity contribution in [1.82, 2.24) is 4.98 Å². The van der Waals surface area contributed by atoms with Crippen LogP contribution in [0.3, 0.4) is 0 Å². The molecule has 0 aliphatic carbocycles. The van der Waals surface area contributed by atoms with Gasteiger partial charge in [-0.1, -0.05) is 40.2 Å². The number of nitrogens with one attached hydrogen (secondary N) is 1. The first-order chi connectivity index (χ1) is 11.0. The second-order valence-corrected chi connectivity index (χ2v) is 6.98. The standard InChI is InChI=1S/C17H12BrFN2OS/c1-10-15(11-6-8-12(18)9-7-11)20-17(23-10)21-16(22)13-4-2-3-5-14(13)19/h2-9H,1H3,(H,20,21,22). The van der Waals surface area contributed by atoms with Gasteiger partial charge in [-0.3, -0.25) is 10.1 Å². The van der Waals surface area contributed by atoms with Crippen molar-refractivity contribution in [3.8, 4) is 11.3 Å². The number of amides is 1. The molecule has 0 atom stereocenters. The Morgan fingerprint density at radius 2 is 1.87 bits per heavy atom.